The fourth-order valence-corrected chi connectivity index (χ4v) is 4.52. The van der Waals surface area contributed by atoms with Crippen molar-refractivity contribution in [2.45, 2.75) is 23.1 Å². The van der Waals surface area contributed by atoms with Crippen LogP contribution in [-0.4, -0.2) is 22.6 Å². The average Bonchev–Trinajstić information content (AvgIpc) is 2.15. The van der Waals surface area contributed by atoms with Gasteiger partial charge < -0.3 is 0 Å². The molecule has 0 fully saturated rings. The van der Waals surface area contributed by atoms with Crippen LogP contribution in [0.1, 0.15) is 13.3 Å². The summed E-state index contributed by atoms with van der Waals surface area (Å²) in [6.07, 6.45) is 0.451. The van der Waals surface area contributed by atoms with E-state index >= 15 is 0 Å². The molecule has 0 N–H and O–H groups in total. The van der Waals surface area contributed by atoms with Crippen LogP contribution in [0.15, 0.2) is 32.5 Å². The fourth-order valence-electron chi connectivity index (χ4n) is 1.25. The highest BCUT2D eigenvalue weighted by Crippen LogP contribution is 2.27. The Morgan fingerprint density at radius 1 is 1.24 bits per heavy atom. The van der Waals surface area contributed by atoms with Crippen molar-refractivity contribution in [3.63, 3.8) is 0 Å². The van der Waals surface area contributed by atoms with Gasteiger partial charge in [-0.25, -0.2) is 16.8 Å². The summed E-state index contributed by atoms with van der Waals surface area (Å²) < 4.78 is 46.3. The first-order valence-electron chi connectivity index (χ1n) is 4.65. The third-order valence-corrected chi connectivity index (χ3v) is 6.25. The van der Waals surface area contributed by atoms with Gasteiger partial charge in [-0.1, -0.05) is 6.92 Å². The lowest BCUT2D eigenvalue weighted by molar-refractivity contribution is 0.594. The molecule has 0 radical (unpaired) electrons. The third-order valence-electron chi connectivity index (χ3n) is 1.99. The predicted octanol–water partition coefficient (Wildman–Crippen LogP) is 2.56. The van der Waals surface area contributed by atoms with E-state index in [0.717, 1.165) is 6.07 Å². The van der Waals surface area contributed by atoms with Crippen molar-refractivity contribution < 1.29 is 16.8 Å². The normalized spacial score (nSPS) is 12.6. The Balaban J connectivity index is 3.45. The summed E-state index contributed by atoms with van der Waals surface area (Å²) in [7, 11) is -2.25. The molecule has 0 saturated heterocycles. The van der Waals surface area contributed by atoms with Crippen LogP contribution in [0.3, 0.4) is 0 Å². The number of hydrogen-bond acceptors (Lipinski definition) is 4. The lowest BCUT2D eigenvalue weighted by atomic mass is 10.4. The Morgan fingerprint density at radius 2 is 1.82 bits per heavy atom. The second-order valence-electron chi connectivity index (χ2n) is 3.35. The maximum atomic E-state index is 11.9. The number of benzene rings is 1. The molecule has 1 rings (SSSR count). The summed E-state index contributed by atoms with van der Waals surface area (Å²) in [4.78, 5) is -0.280. The minimum atomic E-state index is -3.93. The average molecular weight is 362 g/mol. The lowest BCUT2D eigenvalue weighted by Gasteiger charge is -2.06. The maximum absolute atomic E-state index is 11.9. The second-order valence-corrected chi connectivity index (χ2v) is 8.85. The summed E-state index contributed by atoms with van der Waals surface area (Å²) in [5.74, 6) is -0.0443. The van der Waals surface area contributed by atoms with E-state index in [0.29, 0.717) is 10.9 Å². The smallest absolute Gasteiger partial charge is 0.224 e. The summed E-state index contributed by atoms with van der Waals surface area (Å²) in [5, 5.41) is 0. The lowest BCUT2D eigenvalue weighted by Crippen LogP contribution is -2.07. The van der Waals surface area contributed by atoms with Crippen LogP contribution >= 0.6 is 26.6 Å². The van der Waals surface area contributed by atoms with Crippen LogP contribution in [-0.2, 0) is 18.9 Å². The first kappa shape index (κ1) is 14.9. The summed E-state index contributed by atoms with van der Waals surface area (Å²) in [5.41, 5.74) is 0. The molecule has 0 aromatic heterocycles. The Bertz CT molecular complexity index is 622. The molecule has 0 saturated carbocycles. The van der Waals surface area contributed by atoms with Crippen molar-refractivity contribution in [1.29, 1.82) is 0 Å². The van der Waals surface area contributed by atoms with E-state index in [1.165, 1.54) is 12.1 Å². The Hall–Kier alpha value is -0.110. The second kappa shape index (κ2) is 5.26. The van der Waals surface area contributed by atoms with E-state index in [4.69, 9.17) is 10.7 Å². The standard InChI is InChI=1S/C9H10BrClO4S2/c1-2-5-16(12,13)9-6-7(17(11,14)15)3-4-8(9)10/h3-4,6H,2,5H2,1H3. The molecule has 0 spiro atoms. The molecule has 17 heavy (non-hydrogen) atoms. The third kappa shape index (κ3) is 3.67. The molecule has 0 aliphatic rings. The van der Waals surface area contributed by atoms with Crippen LogP contribution in [0.4, 0.5) is 0 Å². The summed E-state index contributed by atoms with van der Waals surface area (Å²) >= 11 is 3.09. The van der Waals surface area contributed by atoms with Gasteiger partial charge in [0.1, 0.15) is 0 Å². The number of sulfone groups is 1. The van der Waals surface area contributed by atoms with Gasteiger partial charge in [0.15, 0.2) is 9.84 Å². The van der Waals surface area contributed by atoms with Crippen molar-refractivity contribution in [2.24, 2.45) is 0 Å². The van der Waals surface area contributed by atoms with Crippen LogP contribution < -0.4 is 0 Å². The van der Waals surface area contributed by atoms with Crippen molar-refractivity contribution in [2.75, 3.05) is 5.75 Å². The molecule has 0 aliphatic carbocycles. The molecule has 1 aromatic rings. The highest BCUT2D eigenvalue weighted by atomic mass is 79.9. The van der Waals surface area contributed by atoms with Gasteiger partial charge in [-0.15, -0.1) is 0 Å². The largest absolute Gasteiger partial charge is 0.261 e. The fraction of sp³-hybridized carbons (Fsp3) is 0.333. The Morgan fingerprint density at radius 3 is 2.29 bits per heavy atom. The van der Waals surface area contributed by atoms with Crippen molar-refractivity contribution in [3.8, 4) is 0 Å². The zero-order valence-corrected chi connectivity index (χ0v) is 12.8. The van der Waals surface area contributed by atoms with Gasteiger partial charge in [-0.05, 0) is 40.5 Å². The maximum Gasteiger partial charge on any atom is 0.261 e. The van der Waals surface area contributed by atoms with Gasteiger partial charge in [-0.3, -0.25) is 0 Å². The van der Waals surface area contributed by atoms with E-state index in [1.807, 2.05) is 0 Å². The van der Waals surface area contributed by atoms with E-state index in [9.17, 15) is 16.8 Å². The molecule has 0 amide bonds. The first-order valence-corrected chi connectivity index (χ1v) is 9.41. The summed E-state index contributed by atoms with van der Waals surface area (Å²) in [6, 6.07) is 3.67. The predicted molar refractivity (Wildman–Crippen MR) is 69.5 cm³/mol. The first-order chi connectivity index (χ1) is 7.68. The monoisotopic (exact) mass is 360 g/mol. The molecular weight excluding hydrogens is 352 g/mol. The van der Waals surface area contributed by atoms with Crippen LogP contribution in [0.2, 0.25) is 0 Å². The van der Waals surface area contributed by atoms with E-state index in [2.05, 4.69) is 15.9 Å². The van der Waals surface area contributed by atoms with E-state index in [-0.39, 0.29) is 15.5 Å². The van der Waals surface area contributed by atoms with E-state index < -0.39 is 18.9 Å². The molecule has 0 unspecified atom stereocenters. The minimum absolute atomic E-state index is 0.0443. The SMILES string of the molecule is CCCS(=O)(=O)c1cc(S(=O)(=O)Cl)ccc1Br. The number of halogens is 2. The molecular formula is C9H10BrClO4S2. The molecule has 96 valence electrons. The minimum Gasteiger partial charge on any atom is -0.224 e. The van der Waals surface area contributed by atoms with Crippen LogP contribution in [0, 0.1) is 0 Å². The van der Waals surface area contributed by atoms with Crippen molar-refractivity contribution in [3.05, 3.63) is 22.7 Å². The van der Waals surface area contributed by atoms with Gasteiger partial charge in [0.25, 0.3) is 9.05 Å². The van der Waals surface area contributed by atoms with Crippen LogP contribution in [0.5, 0.6) is 0 Å². The zero-order valence-electron chi connectivity index (χ0n) is 8.85. The molecule has 0 heterocycles. The quantitative estimate of drug-likeness (QED) is 0.773. The van der Waals surface area contributed by atoms with Gasteiger partial charge in [0.2, 0.25) is 0 Å². The van der Waals surface area contributed by atoms with Gasteiger partial charge >= 0.3 is 0 Å². The number of rotatable bonds is 4. The highest BCUT2D eigenvalue weighted by Gasteiger charge is 2.20. The highest BCUT2D eigenvalue weighted by molar-refractivity contribution is 9.10. The molecule has 4 nitrogen and oxygen atoms in total. The number of hydrogen-bond donors (Lipinski definition) is 0. The Kier molecular flexibility index (Phi) is 4.62. The van der Waals surface area contributed by atoms with Gasteiger partial charge in [0.05, 0.1) is 15.5 Å². The molecule has 0 aliphatic heterocycles. The van der Waals surface area contributed by atoms with Gasteiger partial charge in [0, 0.05) is 15.2 Å². The molecule has 1 aromatic carbocycles. The van der Waals surface area contributed by atoms with Crippen LogP contribution in [0.25, 0.3) is 0 Å². The van der Waals surface area contributed by atoms with Crippen molar-refractivity contribution in [1.82, 2.24) is 0 Å². The molecule has 0 atom stereocenters. The topological polar surface area (TPSA) is 68.3 Å². The molecule has 0 bridgehead atoms. The van der Waals surface area contributed by atoms with Gasteiger partial charge in [-0.2, -0.15) is 0 Å². The Labute approximate surface area is 113 Å². The van der Waals surface area contributed by atoms with E-state index in [1.54, 1.807) is 6.92 Å². The molecule has 8 heteroatoms. The zero-order chi connectivity index (χ0) is 13.3. The van der Waals surface area contributed by atoms with Crippen molar-refractivity contribution >= 4 is 45.5 Å². The summed E-state index contributed by atoms with van der Waals surface area (Å²) in [6.45, 7) is 1.73.